The van der Waals surface area contributed by atoms with Crippen molar-refractivity contribution in [2.45, 2.75) is 31.2 Å². The molecule has 22 heavy (non-hydrogen) atoms. The molecule has 0 aromatic heterocycles. The molecule has 2 aromatic carbocycles. The Hall–Kier alpha value is -1.36. The first-order chi connectivity index (χ1) is 10.4. The third-order valence-electron chi connectivity index (χ3n) is 3.33. The molecule has 1 N–H and O–H groups in total. The molecule has 1 unspecified atom stereocenters. The first-order valence-electron chi connectivity index (χ1n) is 7.21. The smallest absolute Gasteiger partial charge is 0.207 e. The minimum Gasteiger partial charge on any atom is -0.207 e. The fraction of sp³-hybridized carbons (Fsp3) is 0.294. The summed E-state index contributed by atoms with van der Waals surface area (Å²) in [6.45, 7) is 4.15. The van der Waals surface area contributed by atoms with Gasteiger partial charge in [-0.15, -0.1) is 0 Å². The number of halogens is 1. The van der Waals surface area contributed by atoms with Crippen LogP contribution in [0.5, 0.6) is 0 Å². The van der Waals surface area contributed by atoms with E-state index in [9.17, 15) is 8.42 Å². The Morgan fingerprint density at radius 3 is 2.14 bits per heavy atom. The van der Waals surface area contributed by atoms with Gasteiger partial charge in [-0.25, -0.2) is 13.1 Å². The molecule has 0 amide bonds. The van der Waals surface area contributed by atoms with Crippen molar-refractivity contribution in [3.8, 4) is 0 Å². The molecule has 0 radical (unpaired) electrons. The highest BCUT2D eigenvalue weighted by Gasteiger charge is 2.22. The molecule has 3 nitrogen and oxygen atoms in total. The van der Waals surface area contributed by atoms with E-state index in [1.165, 1.54) is 12.1 Å². The van der Waals surface area contributed by atoms with Gasteiger partial charge in [0.1, 0.15) is 0 Å². The van der Waals surface area contributed by atoms with E-state index in [-0.39, 0.29) is 10.9 Å². The van der Waals surface area contributed by atoms with Gasteiger partial charge in [0.15, 0.2) is 0 Å². The third-order valence-corrected chi connectivity index (χ3v) is 5.07. The molecule has 2 aromatic rings. The summed E-state index contributed by atoms with van der Waals surface area (Å²) in [6.07, 6.45) is 0.733. The van der Waals surface area contributed by atoms with Crippen LogP contribution in [0.4, 0.5) is 0 Å². The van der Waals surface area contributed by atoms with Crippen LogP contribution in [-0.4, -0.2) is 8.42 Å². The molecule has 0 bridgehead atoms. The number of nitrogens with one attached hydrogen (secondary N) is 1. The Labute approximate surface area is 137 Å². The lowest BCUT2D eigenvalue weighted by molar-refractivity contribution is 0.472. The van der Waals surface area contributed by atoms with Crippen molar-refractivity contribution in [1.29, 1.82) is 0 Å². The maximum Gasteiger partial charge on any atom is 0.241 e. The summed E-state index contributed by atoms with van der Waals surface area (Å²) in [4.78, 5) is 0.224. The van der Waals surface area contributed by atoms with E-state index in [1.807, 2.05) is 30.3 Å². The topological polar surface area (TPSA) is 46.2 Å². The maximum atomic E-state index is 12.6. The molecular weight excluding hydrogens is 318 g/mol. The van der Waals surface area contributed by atoms with Gasteiger partial charge in [-0.3, -0.25) is 0 Å². The molecule has 5 heteroatoms. The van der Waals surface area contributed by atoms with Crippen LogP contribution in [0.25, 0.3) is 0 Å². The van der Waals surface area contributed by atoms with Gasteiger partial charge in [0.2, 0.25) is 10.0 Å². The van der Waals surface area contributed by atoms with Crippen LogP contribution < -0.4 is 4.72 Å². The van der Waals surface area contributed by atoms with Crippen molar-refractivity contribution in [3.05, 3.63) is 65.2 Å². The highest BCUT2D eigenvalue weighted by Crippen LogP contribution is 2.24. The van der Waals surface area contributed by atoms with Crippen LogP contribution >= 0.6 is 11.6 Å². The quantitative estimate of drug-likeness (QED) is 0.848. The molecule has 0 heterocycles. The highest BCUT2D eigenvalue weighted by molar-refractivity contribution is 7.89. The van der Waals surface area contributed by atoms with E-state index in [1.54, 1.807) is 12.1 Å². The van der Waals surface area contributed by atoms with Crippen LogP contribution in [0.15, 0.2) is 59.5 Å². The lowest BCUT2D eigenvalue weighted by Crippen LogP contribution is -2.29. The van der Waals surface area contributed by atoms with Gasteiger partial charge < -0.3 is 0 Å². The average molecular weight is 338 g/mol. The SMILES string of the molecule is CC(C)CC(NS(=O)(=O)c1ccc(Cl)cc1)c1ccccc1. The zero-order valence-electron chi connectivity index (χ0n) is 12.7. The first-order valence-corrected chi connectivity index (χ1v) is 9.07. The highest BCUT2D eigenvalue weighted by atomic mass is 35.5. The molecule has 0 aliphatic heterocycles. The number of benzene rings is 2. The second kappa shape index (κ2) is 7.27. The van der Waals surface area contributed by atoms with Crippen LogP contribution in [0.2, 0.25) is 5.02 Å². The third kappa shape index (κ3) is 4.57. The van der Waals surface area contributed by atoms with E-state index in [0.29, 0.717) is 10.9 Å². The predicted molar refractivity (Wildman–Crippen MR) is 90.4 cm³/mol. The monoisotopic (exact) mass is 337 g/mol. The Morgan fingerprint density at radius 2 is 1.59 bits per heavy atom. The number of sulfonamides is 1. The molecule has 0 saturated heterocycles. The van der Waals surface area contributed by atoms with Crippen molar-refractivity contribution >= 4 is 21.6 Å². The van der Waals surface area contributed by atoms with E-state index in [4.69, 9.17) is 11.6 Å². The zero-order valence-corrected chi connectivity index (χ0v) is 14.2. The summed E-state index contributed by atoms with van der Waals surface area (Å²) in [6, 6.07) is 15.6. The van der Waals surface area contributed by atoms with Gasteiger partial charge in [0.05, 0.1) is 4.90 Å². The Morgan fingerprint density at radius 1 is 1.00 bits per heavy atom. The molecule has 2 rings (SSSR count). The van der Waals surface area contributed by atoms with Crippen LogP contribution in [0.3, 0.4) is 0 Å². The molecule has 1 atom stereocenters. The fourth-order valence-electron chi connectivity index (χ4n) is 2.28. The maximum absolute atomic E-state index is 12.6. The normalized spacial score (nSPS) is 13.3. The summed E-state index contributed by atoms with van der Waals surface area (Å²) in [5.74, 6) is 0.373. The molecule has 0 saturated carbocycles. The standard InChI is InChI=1S/C17H20ClNO2S/c1-13(2)12-17(14-6-4-3-5-7-14)19-22(20,21)16-10-8-15(18)9-11-16/h3-11,13,17,19H,12H2,1-2H3. The second-order valence-corrected chi connectivity index (χ2v) is 7.82. The van der Waals surface area contributed by atoms with E-state index >= 15 is 0 Å². The first kappa shape index (κ1) is 17.0. The van der Waals surface area contributed by atoms with Crippen molar-refractivity contribution in [1.82, 2.24) is 4.72 Å². The lowest BCUT2D eigenvalue weighted by atomic mass is 9.98. The average Bonchev–Trinajstić information content (AvgIpc) is 2.47. The summed E-state index contributed by atoms with van der Waals surface area (Å²) in [5, 5.41) is 0.515. The summed E-state index contributed by atoms with van der Waals surface area (Å²) in [7, 11) is -3.58. The lowest BCUT2D eigenvalue weighted by Gasteiger charge is -2.21. The van der Waals surface area contributed by atoms with Crippen LogP contribution in [0.1, 0.15) is 31.9 Å². The molecular formula is C17H20ClNO2S. The molecule has 0 aliphatic carbocycles. The van der Waals surface area contributed by atoms with Crippen molar-refractivity contribution < 1.29 is 8.42 Å². The van der Waals surface area contributed by atoms with Crippen molar-refractivity contribution in [2.75, 3.05) is 0 Å². The number of rotatable bonds is 6. The molecule has 0 spiro atoms. The summed E-state index contributed by atoms with van der Waals surface area (Å²) >= 11 is 5.82. The minimum absolute atomic E-state index is 0.224. The minimum atomic E-state index is -3.58. The van der Waals surface area contributed by atoms with Gasteiger partial charge in [-0.2, -0.15) is 0 Å². The predicted octanol–water partition coefficient (Wildman–Crippen LogP) is 4.41. The van der Waals surface area contributed by atoms with Crippen molar-refractivity contribution in [2.24, 2.45) is 5.92 Å². The summed E-state index contributed by atoms with van der Waals surface area (Å²) in [5.41, 5.74) is 0.966. The van der Waals surface area contributed by atoms with E-state index in [2.05, 4.69) is 18.6 Å². The molecule has 118 valence electrons. The van der Waals surface area contributed by atoms with Crippen molar-refractivity contribution in [3.63, 3.8) is 0 Å². The van der Waals surface area contributed by atoms with Gasteiger partial charge >= 0.3 is 0 Å². The van der Waals surface area contributed by atoms with E-state index < -0.39 is 10.0 Å². The largest absolute Gasteiger partial charge is 0.241 e. The number of hydrogen-bond donors (Lipinski definition) is 1. The zero-order chi connectivity index (χ0) is 16.2. The van der Waals surface area contributed by atoms with Gasteiger partial charge in [0, 0.05) is 11.1 Å². The van der Waals surface area contributed by atoms with E-state index in [0.717, 1.165) is 12.0 Å². The fourth-order valence-corrected chi connectivity index (χ4v) is 3.64. The molecule has 0 aliphatic rings. The van der Waals surface area contributed by atoms with Crippen LogP contribution in [0, 0.1) is 5.92 Å². The second-order valence-electron chi connectivity index (χ2n) is 5.67. The Bertz CT molecular complexity index is 697. The number of hydrogen-bond acceptors (Lipinski definition) is 2. The van der Waals surface area contributed by atoms with Gasteiger partial charge in [-0.1, -0.05) is 55.8 Å². The van der Waals surface area contributed by atoms with Gasteiger partial charge in [0.25, 0.3) is 0 Å². The molecule has 0 fully saturated rings. The van der Waals surface area contributed by atoms with Crippen LogP contribution in [-0.2, 0) is 10.0 Å². The van der Waals surface area contributed by atoms with Gasteiger partial charge in [-0.05, 0) is 42.2 Å². The Balaban J connectivity index is 2.28. The Kier molecular flexibility index (Phi) is 5.62. The summed E-state index contributed by atoms with van der Waals surface area (Å²) < 4.78 is 27.9.